The van der Waals surface area contributed by atoms with E-state index in [-0.39, 0.29) is 19.1 Å². The predicted octanol–water partition coefficient (Wildman–Crippen LogP) is 6.57. The molecule has 0 aliphatic carbocycles. The number of H-pyrrole nitrogens is 1. The van der Waals surface area contributed by atoms with E-state index in [0.29, 0.717) is 49.7 Å². The first-order valence-corrected chi connectivity index (χ1v) is 17.3. The summed E-state index contributed by atoms with van der Waals surface area (Å²) < 4.78 is 37.2. The van der Waals surface area contributed by atoms with Crippen LogP contribution in [0.5, 0.6) is 11.5 Å². The van der Waals surface area contributed by atoms with Crippen molar-refractivity contribution in [2.75, 3.05) is 33.9 Å². The van der Waals surface area contributed by atoms with Gasteiger partial charge in [0.25, 0.3) is 0 Å². The lowest BCUT2D eigenvalue weighted by Crippen LogP contribution is -2.52. The molecular weight excluding hydrogens is 684 g/mol. The van der Waals surface area contributed by atoms with Crippen molar-refractivity contribution < 1.29 is 37.9 Å². The summed E-state index contributed by atoms with van der Waals surface area (Å²) in [6.07, 6.45) is 4.49. The van der Waals surface area contributed by atoms with Crippen LogP contribution in [0.1, 0.15) is 57.6 Å². The van der Waals surface area contributed by atoms with E-state index in [0.717, 1.165) is 38.0 Å². The SMILES string of the molecule is COc1ccc([C@H](Cc2c(Cl)c[nH+]cc2Cl)OC(=O)c2ccc(CNC(C(=O)O[C@H]3CN4CCC3CC4)c3cccc(F)c3)cc2)cc1OC. The maximum absolute atomic E-state index is 14.2. The second-order valence-electron chi connectivity index (χ2n) is 12.5. The lowest BCUT2D eigenvalue weighted by atomic mass is 9.86. The van der Waals surface area contributed by atoms with Gasteiger partial charge in [0, 0.05) is 25.1 Å². The molecule has 0 amide bonds. The first kappa shape index (κ1) is 35.6. The maximum atomic E-state index is 14.2. The number of rotatable bonds is 13. The molecular formula is C38H39Cl2FN3O6+. The van der Waals surface area contributed by atoms with Gasteiger partial charge in [-0.1, -0.05) is 53.5 Å². The van der Waals surface area contributed by atoms with Crippen LogP contribution in [-0.2, 0) is 27.2 Å². The summed E-state index contributed by atoms with van der Waals surface area (Å²) in [5.41, 5.74) is 2.87. The van der Waals surface area contributed by atoms with Gasteiger partial charge in [0.05, 0.1) is 19.8 Å². The number of fused-ring (bicyclic) bond motifs is 3. The predicted molar refractivity (Wildman–Crippen MR) is 186 cm³/mol. The Balaban J connectivity index is 1.16. The van der Waals surface area contributed by atoms with Crippen LogP contribution in [0, 0.1) is 11.7 Å². The third-order valence-electron chi connectivity index (χ3n) is 9.40. The molecule has 9 nitrogen and oxygen atoms in total. The van der Waals surface area contributed by atoms with Crippen molar-refractivity contribution in [2.24, 2.45) is 5.92 Å². The molecule has 7 rings (SSSR count). The van der Waals surface area contributed by atoms with Crippen LogP contribution in [0.15, 0.2) is 79.1 Å². The second-order valence-corrected chi connectivity index (χ2v) is 13.3. The van der Waals surface area contributed by atoms with E-state index in [1.54, 1.807) is 74.1 Å². The van der Waals surface area contributed by atoms with Crippen LogP contribution >= 0.6 is 23.2 Å². The summed E-state index contributed by atoms with van der Waals surface area (Å²) in [5.74, 6) is -0.0799. The van der Waals surface area contributed by atoms with Gasteiger partial charge >= 0.3 is 11.9 Å². The van der Waals surface area contributed by atoms with E-state index in [1.807, 2.05) is 0 Å². The quantitative estimate of drug-likeness (QED) is 0.155. The van der Waals surface area contributed by atoms with Gasteiger partial charge in [0.15, 0.2) is 23.9 Å². The van der Waals surface area contributed by atoms with Crippen molar-refractivity contribution in [1.82, 2.24) is 10.2 Å². The van der Waals surface area contributed by atoms with Gasteiger partial charge < -0.3 is 18.9 Å². The van der Waals surface area contributed by atoms with Crippen molar-refractivity contribution in [3.63, 3.8) is 0 Å². The number of nitrogens with one attached hydrogen (secondary N) is 2. The number of aromatic amines is 1. The number of halogens is 3. The molecule has 0 saturated carbocycles. The average molecular weight is 724 g/mol. The second kappa shape index (κ2) is 16.2. The molecule has 3 fully saturated rings. The number of carbonyl (C=O) groups excluding carboxylic acids is 2. The number of piperidine rings is 3. The fourth-order valence-electron chi connectivity index (χ4n) is 6.60. The van der Waals surface area contributed by atoms with Crippen LogP contribution in [-0.4, -0.2) is 56.8 Å². The Morgan fingerprint density at radius 2 is 1.66 bits per heavy atom. The smallest absolute Gasteiger partial charge is 0.338 e. The zero-order valence-corrected chi connectivity index (χ0v) is 29.3. The molecule has 3 aromatic carbocycles. The number of carbonyl (C=O) groups is 2. The summed E-state index contributed by atoms with van der Waals surface area (Å²) in [7, 11) is 3.07. The van der Waals surface area contributed by atoms with Crippen LogP contribution in [0.2, 0.25) is 10.0 Å². The van der Waals surface area contributed by atoms with E-state index in [4.69, 9.17) is 42.1 Å². The van der Waals surface area contributed by atoms with E-state index in [9.17, 15) is 14.0 Å². The fourth-order valence-corrected chi connectivity index (χ4v) is 7.13. The lowest BCUT2D eigenvalue weighted by Gasteiger charge is -2.44. The standard InChI is InChI=1S/C38H38Cl2FN3O6/c1-47-32-11-10-26(17-34(32)48-2)33(18-29-30(39)20-42-21-31(29)40)49-37(45)25-8-6-23(7-9-25)19-43-36(27-4-3-5-28(41)16-27)38(46)50-35-22-44-14-12-24(35)13-15-44/h3-11,16-17,20-21,24,33,35-36,43H,12-15,18-19,22H2,1-2H3/p+1/t33-,35-,36?/m0/s1. The molecule has 2 N–H and O–H groups in total. The maximum Gasteiger partial charge on any atom is 0.338 e. The van der Waals surface area contributed by atoms with Crippen molar-refractivity contribution in [3.05, 3.63) is 123 Å². The molecule has 2 bridgehead atoms. The minimum absolute atomic E-state index is 0.178. The molecule has 1 unspecified atom stereocenters. The van der Waals surface area contributed by atoms with Crippen molar-refractivity contribution >= 4 is 35.1 Å². The molecule has 3 atom stereocenters. The minimum atomic E-state index is -0.873. The van der Waals surface area contributed by atoms with Gasteiger partial charge in [0.2, 0.25) is 0 Å². The molecule has 4 heterocycles. The first-order valence-electron chi connectivity index (χ1n) is 16.5. The number of aromatic nitrogens is 1. The third-order valence-corrected chi connectivity index (χ3v) is 10.1. The summed E-state index contributed by atoms with van der Waals surface area (Å²) in [5, 5.41) is 4.06. The largest absolute Gasteiger partial charge is 0.493 e. The minimum Gasteiger partial charge on any atom is -0.493 e. The highest BCUT2D eigenvalue weighted by molar-refractivity contribution is 6.35. The molecule has 3 saturated heterocycles. The molecule has 3 aliphatic heterocycles. The van der Waals surface area contributed by atoms with E-state index in [1.165, 1.54) is 19.2 Å². The summed E-state index contributed by atoms with van der Waals surface area (Å²) in [4.78, 5) is 32.2. The Morgan fingerprint density at radius 1 is 0.940 bits per heavy atom. The molecule has 1 aromatic heterocycles. The number of hydrogen-bond donors (Lipinski definition) is 1. The van der Waals surface area contributed by atoms with Gasteiger partial charge in [-0.2, -0.15) is 0 Å². The number of nitrogens with zero attached hydrogens (tertiary/aromatic N) is 1. The first-order chi connectivity index (χ1) is 24.2. The zero-order valence-electron chi connectivity index (χ0n) is 27.8. The van der Waals surface area contributed by atoms with Gasteiger partial charge in [-0.25, -0.2) is 19.0 Å². The Kier molecular flexibility index (Phi) is 11.5. The third kappa shape index (κ3) is 8.38. The molecule has 262 valence electrons. The van der Waals surface area contributed by atoms with E-state index < -0.39 is 29.9 Å². The number of methoxy groups -OCH3 is 2. The van der Waals surface area contributed by atoms with Crippen LogP contribution in [0.25, 0.3) is 0 Å². The fraction of sp³-hybridized carbons (Fsp3) is 0.342. The van der Waals surface area contributed by atoms with Crippen molar-refractivity contribution in [2.45, 2.75) is 44.1 Å². The summed E-state index contributed by atoms with van der Waals surface area (Å²) in [6.45, 7) is 3.04. The normalized spacial score (nSPS) is 19.3. The van der Waals surface area contributed by atoms with Gasteiger partial charge in [-0.15, -0.1) is 0 Å². The van der Waals surface area contributed by atoms with Crippen LogP contribution in [0.4, 0.5) is 4.39 Å². The highest BCUT2D eigenvalue weighted by Gasteiger charge is 2.38. The Labute approximate surface area is 300 Å². The van der Waals surface area contributed by atoms with Gasteiger partial charge in [-0.05, 0) is 84.9 Å². The van der Waals surface area contributed by atoms with E-state index in [2.05, 4.69) is 15.2 Å². The van der Waals surface area contributed by atoms with Gasteiger partial charge in [-0.3, -0.25) is 10.2 Å². The highest BCUT2D eigenvalue weighted by Crippen LogP contribution is 2.36. The Morgan fingerprint density at radius 3 is 2.30 bits per heavy atom. The summed E-state index contributed by atoms with van der Waals surface area (Å²) >= 11 is 12.9. The Bertz CT molecular complexity index is 1800. The lowest BCUT2D eigenvalue weighted by molar-refractivity contribution is -0.377. The van der Waals surface area contributed by atoms with Crippen molar-refractivity contribution in [3.8, 4) is 11.5 Å². The topological polar surface area (TPSA) is 100 Å². The monoisotopic (exact) mass is 722 g/mol. The molecule has 4 aromatic rings. The molecule has 50 heavy (non-hydrogen) atoms. The summed E-state index contributed by atoms with van der Waals surface area (Å²) in [6, 6.07) is 17.2. The molecule has 0 radical (unpaired) electrons. The number of ether oxygens (including phenoxy) is 4. The molecule has 0 spiro atoms. The van der Waals surface area contributed by atoms with Crippen molar-refractivity contribution in [1.29, 1.82) is 0 Å². The Hall–Kier alpha value is -4.22. The zero-order chi connectivity index (χ0) is 35.2. The average Bonchev–Trinajstić information content (AvgIpc) is 3.13. The number of benzene rings is 3. The number of esters is 2. The number of hydrogen-bond acceptors (Lipinski definition) is 8. The number of pyridine rings is 1. The van der Waals surface area contributed by atoms with E-state index >= 15 is 0 Å². The highest BCUT2D eigenvalue weighted by atomic mass is 35.5. The molecule has 3 aliphatic rings. The van der Waals surface area contributed by atoms with Crippen LogP contribution < -0.4 is 19.8 Å². The van der Waals surface area contributed by atoms with Gasteiger partial charge in [0.1, 0.15) is 34.1 Å². The molecule has 12 heteroatoms. The van der Waals surface area contributed by atoms with Crippen LogP contribution in [0.3, 0.4) is 0 Å².